The molecule has 1 saturated carbocycles. The van der Waals surface area contributed by atoms with Crippen molar-refractivity contribution in [3.63, 3.8) is 0 Å². The summed E-state index contributed by atoms with van der Waals surface area (Å²) < 4.78 is 0. The Morgan fingerprint density at radius 3 is 2.86 bits per heavy atom. The van der Waals surface area contributed by atoms with Gasteiger partial charge < -0.3 is 5.32 Å². The normalized spacial score (nSPS) is 22.4. The van der Waals surface area contributed by atoms with Gasteiger partial charge in [-0.1, -0.05) is 47.7 Å². The maximum absolute atomic E-state index is 13.0. The van der Waals surface area contributed by atoms with Gasteiger partial charge in [0.05, 0.1) is 0 Å². The molecule has 3 heterocycles. The molecule has 1 aliphatic heterocycles. The standard InChI is InChI=1S/C21H19N5O2S/c1-26-18-13(8-5-9-22-18)14-11-15(14)17(21(26)28)23-19(27)20-25-24-16(29-20)10-12-6-3-2-4-7-12/h2-9,14-15,17H,10-11H2,1H3,(H,23,27)/t14?,15-,17-/m1/s1. The highest BCUT2D eigenvalue weighted by molar-refractivity contribution is 7.13. The Hall–Kier alpha value is -3.13. The number of benzene rings is 1. The quantitative estimate of drug-likeness (QED) is 0.720. The van der Waals surface area contributed by atoms with Gasteiger partial charge in [0.25, 0.3) is 11.8 Å². The molecule has 1 N–H and O–H groups in total. The molecule has 1 fully saturated rings. The van der Waals surface area contributed by atoms with E-state index in [4.69, 9.17) is 0 Å². The Morgan fingerprint density at radius 2 is 2.03 bits per heavy atom. The smallest absolute Gasteiger partial charge is 0.282 e. The van der Waals surface area contributed by atoms with Crippen molar-refractivity contribution in [3.05, 3.63) is 69.8 Å². The number of amides is 2. The zero-order valence-corrected chi connectivity index (χ0v) is 16.6. The Kier molecular flexibility index (Phi) is 4.35. The summed E-state index contributed by atoms with van der Waals surface area (Å²) in [5, 5.41) is 12.1. The Labute approximate surface area is 171 Å². The van der Waals surface area contributed by atoms with Gasteiger partial charge in [-0.05, 0) is 35.4 Å². The predicted molar refractivity (Wildman–Crippen MR) is 109 cm³/mol. The minimum Gasteiger partial charge on any atom is -0.338 e. The van der Waals surface area contributed by atoms with Crippen molar-refractivity contribution in [2.24, 2.45) is 5.92 Å². The molecule has 1 aliphatic carbocycles. The lowest BCUT2D eigenvalue weighted by Crippen LogP contribution is -2.48. The summed E-state index contributed by atoms with van der Waals surface area (Å²) in [7, 11) is 1.71. The molecule has 7 nitrogen and oxygen atoms in total. The minimum absolute atomic E-state index is 0.0936. The van der Waals surface area contributed by atoms with Gasteiger partial charge in [-0.15, -0.1) is 10.2 Å². The third-order valence-corrected chi connectivity index (χ3v) is 6.47. The van der Waals surface area contributed by atoms with Crippen molar-refractivity contribution < 1.29 is 9.59 Å². The summed E-state index contributed by atoms with van der Waals surface area (Å²) in [4.78, 5) is 31.7. The molecule has 0 saturated heterocycles. The van der Waals surface area contributed by atoms with Crippen LogP contribution in [-0.2, 0) is 11.2 Å². The molecular weight excluding hydrogens is 386 g/mol. The van der Waals surface area contributed by atoms with Crippen LogP contribution in [0.25, 0.3) is 0 Å². The van der Waals surface area contributed by atoms with Gasteiger partial charge in [-0.2, -0.15) is 0 Å². The summed E-state index contributed by atoms with van der Waals surface area (Å²) in [6, 6.07) is 13.3. The van der Waals surface area contributed by atoms with Crippen LogP contribution in [0.2, 0.25) is 0 Å². The second-order valence-electron chi connectivity index (χ2n) is 7.43. The van der Waals surface area contributed by atoms with Crippen molar-refractivity contribution >= 4 is 29.0 Å². The number of nitrogens with zero attached hydrogens (tertiary/aromatic N) is 4. The topological polar surface area (TPSA) is 88.1 Å². The first-order valence-electron chi connectivity index (χ1n) is 9.51. The van der Waals surface area contributed by atoms with Gasteiger partial charge in [0.15, 0.2) is 0 Å². The second kappa shape index (κ2) is 7.04. The maximum Gasteiger partial charge on any atom is 0.282 e. The SMILES string of the molecule is CN1C(=O)[C@H](NC(=O)c2nnc(Cc3ccccc3)s2)[C@@H]2CC2c2cccnc21. The summed E-state index contributed by atoms with van der Waals surface area (Å²) in [5.41, 5.74) is 2.19. The van der Waals surface area contributed by atoms with Gasteiger partial charge in [-0.25, -0.2) is 4.98 Å². The van der Waals surface area contributed by atoms with Crippen molar-refractivity contribution in [3.8, 4) is 0 Å². The maximum atomic E-state index is 13.0. The van der Waals surface area contributed by atoms with Crippen LogP contribution in [0.5, 0.6) is 0 Å². The van der Waals surface area contributed by atoms with Crippen LogP contribution < -0.4 is 10.2 Å². The van der Waals surface area contributed by atoms with Crippen molar-refractivity contribution in [1.29, 1.82) is 0 Å². The second-order valence-corrected chi connectivity index (χ2v) is 8.50. The van der Waals surface area contributed by atoms with Gasteiger partial charge in [-0.3, -0.25) is 14.5 Å². The van der Waals surface area contributed by atoms with E-state index in [0.717, 1.165) is 22.6 Å². The van der Waals surface area contributed by atoms with E-state index >= 15 is 0 Å². The first-order valence-corrected chi connectivity index (χ1v) is 10.3. The number of aromatic nitrogens is 3. The number of anilines is 1. The molecule has 2 aromatic heterocycles. The summed E-state index contributed by atoms with van der Waals surface area (Å²) in [5.74, 6) is 0.537. The molecule has 8 heteroatoms. The van der Waals surface area contributed by atoms with Crippen LogP contribution in [0, 0.1) is 5.92 Å². The van der Waals surface area contributed by atoms with Gasteiger partial charge >= 0.3 is 0 Å². The molecule has 29 heavy (non-hydrogen) atoms. The number of pyridine rings is 1. The van der Waals surface area contributed by atoms with Gasteiger partial charge in [0, 0.05) is 19.7 Å². The Balaban J connectivity index is 1.32. The van der Waals surface area contributed by atoms with E-state index in [1.807, 2.05) is 42.5 Å². The lowest BCUT2D eigenvalue weighted by Gasteiger charge is -2.22. The van der Waals surface area contributed by atoms with E-state index in [0.29, 0.717) is 12.2 Å². The van der Waals surface area contributed by atoms with Crippen molar-refractivity contribution in [1.82, 2.24) is 20.5 Å². The molecule has 5 rings (SSSR count). The number of fused-ring (bicyclic) bond motifs is 3. The Bertz CT molecular complexity index is 1080. The fourth-order valence-corrected chi connectivity index (χ4v) is 4.75. The number of nitrogens with one attached hydrogen (secondary N) is 1. The highest BCUT2D eigenvalue weighted by Gasteiger charge is 2.52. The van der Waals surface area contributed by atoms with E-state index in [1.54, 1.807) is 18.1 Å². The highest BCUT2D eigenvalue weighted by atomic mass is 32.1. The fraction of sp³-hybridized carbons (Fsp3) is 0.286. The van der Waals surface area contributed by atoms with E-state index < -0.39 is 6.04 Å². The molecule has 0 spiro atoms. The number of carbonyl (C=O) groups excluding carboxylic acids is 2. The zero-order valence-electron chi connectivity index (χ0n) is 15.8. The van der Waals surface area contributed by atoms with Crippen LogP contribution in [0.15, 0.2) is 48.7 Å². The third kappa shape index (κ3) is 3.29. The first kappa shape index (κ1) is 17.9. The Morgan fingerprint density at radius 1 is 1.21 bits per heavy atom. The summed E-state index contributed by atoms with van der Waals surface area (Å²) >= 11 is 1.26. The third-order valence-electron chi connectivity index (χ3n) is 5.54. The average molecular weight is 405 g/mol. The fourth-order valence-electron chi connectivity index (χ4n) is 3.97. The lowest BCUT2D eigenvalue weighted by atomic mass is 10.1. The molecule has 2 aliphatic rings. The van der Waals surface area contributed by atoms with Gasteiger partial charge in [0.2, 0.25) is 5.01 Å². The molecule has 2 amide bonds. The van der Waals surface area contributed by atoms with Crippen molar-refractivity contribution in [2.45, 2.75) is 24.8 Å². The predicted octanol–water partition coefficient (Wildman–Crippen LogP) is 2.40. The largest absolute Gasteiger partial charge is 0.338 e. The minimum atomic E-state index is -0.576. The van der Waals surface area contributed by atoms with Crippen LogP contribution in [-0.4, -0.2) is 40.1 Å². The molecule has 1 unspecified atom stereocenters. The molecule has 0 radical (unpaired) electrons. The van der Waals surface area contributed by atoms with E-state index in [-0.39, 0.29) is 28.7 Å². The number of hydrogen-bond acceptors (Lipinski definition) is 6. The van der Waals surface area contributed by atoms with E-state index in [1.165, 1.54) is 11.3 Å². The zero-order chi connectivity index (χ0) is 20.0. The highest BCUT2D eigenvalue weighted by Crippen LogP contribution is 2.53. The van der Waals surface area contributed by atoms with E-state index in [9.17, 15) is 9.59 Å². The van der Waals surface area contributed by atoms with Crippen LogP contribution in [0.3, 0.4) is 0 Å². The number of rotatable bonds is 4. The summed E-state index contributed by atoms with van der Waals surface area (Å²) in [6.07, 6.45) is 3.19. The molecule has 146 valence electrons. The number of carbonyl (C=O) groups is 2. The first-order chi connectivity index (χ1) is 14.1. The van der Waals surface area contributed by atoms with Crippen molar-refractivity contribution in [2.75, 3.05) is 11.9 Å². The monoisotopic (exact) mass is 405 g/mol. The van der Waals surface area contributed by atoms with Crippen LogP contribution in [0.1, 0.15) is 38.3 Å². The van der Waals surface area contributed by atoms with E-state index in [2.05, 4.69) is 20.5 Å². The van der Waals surface area contributed by atoms with Crippen LogP contribution >= 0.6 is 11.3 Å². The molecule has 1 aromatic carbocycles. The van der Waals surface area contributed by atoms with Crippen LogP contribution in [0.4, 0.5) is 5.82 Å². The lowest BCUT2D eigenvalue weighted by molar-refractivity contribution is -0.120. The average Bonchev–Trinajstić information content (AvgIpc) is 3.41. The van der Waals surface area contributed by atoms with Gasteiger partial charge in [0.1, 0.15) is 16.9 Å². The number of hydrogen-bond donors (Lipinski definition) is 1. The molecule has 3 aromatic rings. The molecule has 0 bridgehead atoms. The summed E-state index contributed by atoms with van der Waals surface area (Å²) in [6.45, 7) is 0. The molecular formula is C21H19N5O2S. The number of likely N-dealkylation sites (N-methyl/N-ethyl adjacent to an activating group) is 1. The molecule has 3 atom stereocenters.